The van der Waals surface area contributed by atoms with E-state index in [1.165, 1.54) is 0 Å². The summed E-state index contributed by atoms with van der Waals surface area (Å²) in [5.74, 6) is 0. The van der Waals surface area contributed by atoms with Crippen LogP contribution < -0.4 is 5.43 Å². The molecule has 82 valence electrons. The summed E-state index contributed by atoms with van der Waals surface area (Å²) < 4.78 is 0. The molecule has 0 aromatic heterocycles. The molecule has 7 heteroatoms. The molecule has 0 aliphatic carbocycles. The number of hydrogen-bond donors (Lipinski definition) is 5. The van der Waals surface area contributed by atoms with Crippen LogP contribution in [0.3, 0.4) is 0 Å². The zero-order valence-corrected chi connectivity index (χ0v) is 7.72. The lowest BCUT2D eigenvalue weighted by Gasteiger charge is -2.39. The van der Waals surface area contributed by atoms with Gasteiger partial charge in [0.15, 0.2) is 0 Å². The minimum absolute atomic E-state index is 0.128. The Balaban J connectivity index is 2.85. The molecular weight excluding hydrogens is 190 g/mol. The molecule has 0 fully saturated rings. The third-order valence-corrected chi connectivity index (χ3v) is 2.41. The standard InChI is InChI=1S/C7H15N3O4/c11-2-6(3-12)1-7(4-13,5-14)9-10-8-6/h11-14H,1-5H2,(H,8,9). The van der Waals surface area contributed by atoms with E-state index in [4.69, 9.17) is 20.4 Å². The van der Waals surface area contributed by atoms with Crippen molar-refractivity contribution in [2.75, 3.05) is 26.4 Å². The first kappa shape index (κ1) is 11.3. The predicted octanol–water partition coefficient (Wildman–Crippen LogP) is -2.21. The highest BCUT2D eigenvalue weighted by Gasteiger charge is 2.44. The SMILES string of the molecule is OCC1(CO)CC(CO)(CO)NN=N1. The Morgan fingerprint density at radius 1 is 1.00 bits per heavy atom. The first-order valence-electron chi connectivity index (χ1n) is 4.28. The van der Waals surface area contributed by atoms with Gasteiger partial charge < -0.3 is 20.4 Å². The number of hydrogen-bond acceptors (Lipinski definition) is 7. The molecule has 7 nitrogen and oxygen atoms in total. The quantitative estimate of drug-likeness (QED) is 0.357. The zero-order chi connectivity index (χ0) is 10.7. The molecule has 0 saturated carbocycles. The summed E-state index contributed by atoms with van der Waals surface area (Å²) >= 11 is 0. The fourth-order valence-electron chi connectivity index (χ4n) is 1.40. The van der Waals surface area contributed by atoms with Gasteiger partial charge in [0.05, 0.1) is 26.4 Å². The number of nitrogens with zero attached hydrogens (tertiary/aromatic N) is 2. The van der Waals surface area contributed by atoms with E-state index < -0.39 is 11.1 Å². The van der Waals surface area contributed by atoms with Crippen molar-refractivity contribution in [3.05, 3.63) is 0 Å². The van der Waals surface area contributed by atoms with Gasteiger partial charge in [0.1, 0.15) is 11.1 Å². The van der Waals surface area contributed by atoms with Gasteiger partial charge in [-0.05, 0) is 0 Å². The van der Waals surface area contributed by atoms with Crippen LogP contribution in [0.1, 0.15) is 6.42 Å². The molecule has 0 aromatic carbocycles. The Bertz CT molecular complexity index is 213. The van der Waals surface area contributed by atoms with Crippen molar-refractivity contribution in [1.82, 2.24) is 5.43 Å². The van der Waals surface area contributed by atoms with Crippen molar-refractivity contribution in [2.24, 2.45) is 10.3 Å². The van der Waals surface area contributed by atoms with Crippen LogP contribution in [0, 0.1) is 0 Å². The summed E-state index contributed by atoms with van der Waals surface area (Å²) in [7, 11) is 0. The summed E-state index contributed by atoms with van der Waals surface area (Å²) in [6.45, 7) is -1.44. The minimum Gasteiger partial charge on any atom is -0.394 e. The van der Waals surface area contributed by atoms with Crippen molar-refractivity contribution in [3.63, 3.8) is 0 Å². The monoisotopic (exact) mass is 205 g/mol. The fourth-order valence-corrected chi connectivity index (χ4v) is 1.40. The maximum atomic E-state index is 9.08. The van der Waals surface area contributed by atoms with Crippen molar-refractivity contribution in [3.8, 4) is 0 Å². The molecule has 1 aliphatic rings. The van der Waals surface area contributed by atoms with Crippen LogP contribution in [-0.4, -0.2) is 57.9 Å². The maximum Gasteiger partial charge on any atom is 0.132 e. The maximum absolute atomic E-state index is 9.08. The molecule has 0 unspecified atom stereocenters. The van der Waals surface area contributed by atoms with Gasteiger partial charge in [0.25, 0.3) is 0 Å². The van der Waals surface area contributed by atoms with E-state index in [0.29, 0.717) is 0 Å². The summed E-state index contributed by atoms with van der Waals surface area (Å²) in [5.41, 5.74) is 0.356. The van der Waals surface area contributed by atoms with Gasteiger partial charge >= 0.3 is 0 Å². The molecule has 1 heterocycles. The number of aliphatic hydroxyl groups excluding tert-OH is 4. The summed E-state index contributed by atoms with van der Waals surface area (Å²) in [6, 6.07) is 0. The lowest BCUT2D eigenvalue weighted by atomic mass is 9.84. The second kappa shape index (κ2) is 4.18. The topological polar surface area (TPSA) is 118 Å². The van der Waals surface area contributed by atoms with Gasteiger partial charge in [-0.3, -0.25) is 5.43 Å². The molecule has 1 rings (SSSR count). The highest BCUT2D eigenvalue weighted by molar-refractivity contribution is 5.01. The van der Waals surface area contributed by atoms with Gasteiger partial charge in [-0.15, -0.1) is 0 Å². The van der Waals surface area contributed by atoms with Crippen LogP contribution in [-0.2, 0) is 0 Å². The number of rotatable bonds is 4. The summed E-state index contributed by atoms with van der Waals surface area (Å²) in [4.78, 5) is 0. The smallest absolute Gasteiger partial charge is 0.132 e. The molecule has 14 heavy (non-hydrogen) atoms. The highest BCUT2D eigenvalue weighted by Crippen LogP contribution is 2.27. The normalized spacial score (nSPS) is 23.1. The van der Waals surface area contributed by atoms with E-state index >= 15 is 0 Å². The third kappa shape index (κ3) is 1.85. The average Bonchev–Trinajstić information content (AvgIpc) is 2.29. The molecule has 5 N–H and O–H groups in total. The Morgan fingerprint density at radius 3 is 2.00 bits per heavy atom. The fraction of sp³-hybridized carbons (Fsp3) is 1.00. The largest absolute Gasteiger partial charge is 0.394 e. The molecule has 0 atom stereocenters. The second-order valence-corrected chi connectivity index (χ2v) is 3.63. The zero-order valence-electron chi connectivity index (χ0n) is 7.72. The second-order valence-electron chi connectivity index (χ2n) is 3.63. The Morgan fingerprint density at radius 2 is 1.57 bits per heavy atom. The minimum atomic E-state index is -1.11. The molecule has 1 aliphatic heterocycles. The lowest BCUT2D eigenvalue weighted by Crippen LogP contribution is -2.58. The molecular formula is C7H15N3O4. The summed E-state index contributed by atoms with van der Waals surface area (Å²) in [6.07, 6.45) is 0.128. The number of aliphatic hydroxyl groups is 4. The first-order chi connectivity index (χ1) is 6.66. The van der Waals surface area contributed by atoms with Crippen LogP contribution >= 0.6 is 0 Å². The predicted molar refractivity (Wildman–Crippen MR) is 46.4 cm³/mol. The number of nitrogens with one attached hydrogen (secondary N) is 1. The van der Waals surface area contributed by atoms with Crippen molar-refractivity contribution in [2.45, 2.75) is 17.5 Å². The Labute approximate surface area is 81.1 Å². The molecule has 0 spiro atoms. The Kier molecular flexibility index (Phi) is 3.38. The average molecular weight is 205 g/mol. The van der Waals surface area contributed by atoms with Crippen molar-refractivity contribution in [1.29, 1.82) is 0 Å². The van der Waals surface area contributed by atoms with E-state index in [-0.39, 0.29) is 32.8 Å². The highest BCUT2D eigenvalue weighted by atomic mass is 16.3. The van der Waals surface area contributed by atoms with Crippen molar-refractivity contribution >= 4 is 0 Å². The van der Waals surface area contributed by atoms with Gasteiger partial charge in [-0.25, -0.2) is 0 Å². The van der Waals surface area contributed by atoms with E-state index in [2.05, 4.69) is 15.8 Å². The molecule has 0 saturated heterocycles. The van der Waals surface area contributed by atoms with Crippen LogP contribution in [0.5, 0.6) is 0 Å². The van der Waals surface area contributed by atoms with Crippen molar-refractivity contribution < 1.29 is 20.4 Å². The molecule has 0 bridgehead atoms. The van der Waals surface area contributed by atoms with Gasteiger partial charge in [0, 0.05) is 6.42 Å². The first-order valence-corrected chi connectivity index (χ1v) is 4.28. The molecule has 0 aromatic rings. The summed E-state index contributed by atoms with van der Waals surface area (Å²) in [5, 5.41) is 43.5. The van der Waals surface area contributed by atoms with E-state index in [1.807, 2.05) is 0 Å². The van der Waals surface area contributed by atoms with Gasteiger partial charge in [0.2, 0.25) is 0 Å². The van der Waals surface area contributed by atoms with Crippen LogP contribution in [0.4, 0.5) is 0 Å². The van der Waals surface area contributed by atoms with E-state index in [9.17, 15) is 0 Å². The molecule has 0 radical (unpaired) electrons. The van der Waals surface area contributed by atoms with Crippen LogP contribution in [0.25, 0.3) is 0 Å². The van der Waals surface area contributed by atoms with Crippen LogP contribution in [0.15, 0.2) is 10.3 Å². The molecule has 0 amide bonds. The van der Waals surface area contributed by atoms with E-state index in [0.717, 1.165) is 0 Å². The lowest BCUT2D eigenvalue weighted by molar-refractivity contribution is 0.00947. The van der Waals surface area contributed by atoms with E-state index in [1.54, 1.807) is 0 Å². The Hall–Kier alpha value is -0.760. The van der Waals surface area contributed by atoms with Gasteiger partial charge in [-0.1, -0.05) is 5.22 Å². The third-order valence-electron chi connectivity index (χ3n) is 2.41. The van der Waals surface area contributed by atoms with Crippen LogP contribution in [0.2, 0.25) is 0 Å². The van der Waals surface area contributed by atoms with Gasteiger partial charge in [-0.2, -0.15) is 5.11 Å².